The van der Waals surface area contributed by atoms with Gasteiger partial charge in [-0.15, -0.1) is 0 Å². The number of halogens is 1. The fraction of sp³-hybridized carbons (Fsp3) is 0.364. The Morgan fingerprint density at radius 3 is 2.76 bits per heavy atom. The van der Waals surface area contributed by atoms with Crippen molar-refractivity contribution in [2.75, 3.05) is 18.5 Å². The molecule has 0 atom stereocenters. The Labute approximate surface area is 191 Å². The van der Waals surface area contributed by atoms with Crippen LogP contribution in [0.15, 0.2) is 35.4 Å². The second-order valence-corrected chi connectivity index (χ2v) is 7.79. The number of ether oxygens (including phenoxy) is 1. The zero-order valence-electron chi connectivity index (χ0n) is 18.8. The molecule has 0 radical (unpaired) electrons. The number of rotatable bonds is 5. The summed E-state index contributed by atoms with van der Waals surface area (Å²) in [6, 6.07) is 7.56. The molecular weight excluding hydrogens is 429 g/mol. The molecule has 0 fully saturated rings. The van der Waals surface area contributed by atoms with Gasteiger partial charge in [0.05, 0.1) is 12.2 Å². The molecule has 176 valence electrons. The standard InChI is InChI=1S/C22H28FN7O3/c1-4-33-22(32)29-9-8-14-11-17(23)16(10-15(14)12-29)21(31)27-19-7-5-6-18(26-19)20(28-24)30(25)13(2)3/h5-7,10-11,13H,4,8-9,12,24-25H2,1-3H3,(H,26,27,31)/b28-20-. The number of anilines is 1. The van der Waals surface area contributed by atoms with Crippen LogP contribution in [0.3, 0.4) is 0 Å². The van der Waals surface area contributed by atoms with Gasteiger partial charge in [0.1, 0.15) is 17.3 Å². The molecule has 33 heavy (non-hydrogen) atoms. The van der Waals surface area contributed by atoms with Crippen molar-refractivity contribution in [1.82, 2.24) is 14.9 Å². The fourth-order valence-corrected chi connectivity index (χ4v) is 3.45. The highest BCUT2D eigenvalue weighted by atomic mass is 19.1. The van der Waals surface area contributed by atoms with Crippen LogP contribution in [0, 0.1) is 5.82 Å². The molecule has 1 aromatic heterocycles. The van der Waals surface area contributed by atoms with Crippen molar-refractivity contribution in [3.05, 3.63) is 58.5 Å². The van der Waals surface area contributed by atoms with E-state index in [2.05, 4.69) is 15.4 Å². The van der Waals surface area contributed by atoms with Gasteiger partial charge in [-0.2, -0.15) is 5.10 Å². The molecule has 10 nitrogen and oxygen atoms in total. The van der Waals surface area contributed by atoms with Crippen molar-refractivity contribution in [2.45, 2.75) is 39.8 Å². The number of benzene rings is 1. The highest BCUT2D eigenvalue weighted by Gasteiger charge is 2.25. The number of nitrogens with two attached hydrogens (primary N) is 2. The number of carbonyl (C=O) groups excluding carboxylic acids is 2. The van der Waals surface area contributed by atoms with Gasteiger partial charge in [0.15, 0.2) is 5.84 Å². The minimum absolute atomic E-state index is 0.0916. The summed E-state index contributed by atoms with van der Waals surface area (Å²) in [6.45, 7) is 6.37. The first-order valence-corrected chi connectivity index (χ1v) is 10.6. The van der Waals surface area contributed by atoms with Gasteiger partial charge in [0, 0.05) is 19.1 Å². The van der Waals surface area contributed by atoms with Crippen LogP contribution in [0.2, 0.25) is 0 Å². The molecule has 11 heteroatoms. The molecule has 1 aliphatic rings. The van der Waals surface area contributed by atoms with Crippen LogP contribution in [-0.4, -0.2) is 51.9 Å². The van der Waals surface area contributed by atoms with Crippen LogP contribution >= 0.6 is 0 Å². The summed E-state index contributed by atoms with van der Waals surface area (Å²) in [5.41, 5.74) is 1.64. The van der Waals surface area contributed by atoms with Gasteiger partial charge in [-0.1, -0.05) is 6.07 Å². The third-order valence-electron chi connectivity index (χ3n) is 5.22. The predicted octanol–water partition coefficient (Wildman–Crippen LogP) is 2.19. The fourth-order valence-electron chi connectivity index (χ4n) is 3.45. The molecule has 0 bridgehead atoms. The van der Waals surface area contributed by atoms with Gasteiger partial charge in [-0.25, -0.2) is 20.0 Å². The van der Waals surface area contributed by atoms with E-state index in [4.69, 9.17) is 16.4 Å². The summed E-state index contributed by atoms with van der Waals surface area (Å²) >= 11 is 0. The molecule has 2 heterocycles. The van der Waals surface area contributed by atoms with Crippen LogP contribution in [0.1, 0.15) is 48.0 Å². The van der Waals surface area contributed by atoms with Gasteiger partial charge in [0.25, 0.3) is 5.91 Å². The van der Waals surface area contributed by atoms with E-state index in [1.165, 1.54) is 22.0 Å². The number of fused-ring (bicyclic) bond motifs is 1. The van der Waals surface area contributed by atoms with E-state index >= 15 is 0 Å². The number of hydrogen-bond donors (Lipinski definition) is 3. The van der Waals surface area contributed by atoms with Crippen molar-refractivity contribution in [1.29, 1.82) is 0 Å². The maximum absolute atomic E-state index is 14.7. The van der Waals surface area contributed by atoms with Crippen molar-refractivity contribution < 1.29 is 18.7 Å². The molecule has 0 unspecified atom stereocenters. The normalized spacial score (nSPS) is 13.5. The second-order valence-electron chi connectivity index (χ2n) is 7.79. The van der Waals surface area contributed by atoms with Crippen molar-refractivity contribution in [3.8, 4) is 0 Å². The molecule has 0 saturated heterocycles. The van der Waals surface area contributed by atoms with Crippen molar-refractivity contribution >= 4 is 23.7 Å². The third kappa shape index (κ3) is 5.37. The third-order valence-corrected chi connectivity index (χ3v) is 5.22. The van der Waals surface area contributed by atoms with Gasteiger partial charge in [0.2, 0.25) is 0 Å². The smallest absolute Gasteiger partial charge is 0.410 e. The number of hydrazone groups is 1. The number of nitrogens with zero attached hydrogens (tertiary/aromatic N) is 4. The lowest BCUT2D eigenvalue weighted by molar-refractivity contribution is 0.102. The molecule has 1 aromatic carbocycles. The summed E-state index contributed by atoms with van der Waals surface area (Å²) in [5.74, 6) is 10.6. The van der Waals surface area contributed by atoms with Crippen LogP contribution in [0.4, 0.5) is 15.0 Å². The molecule has 0 saturated carbocycles. The monoisotopic (exact) mass is 457 g/mol. The van der Waals surface area contributed by atoms with Gasteiger partial charge < -0.3 is 20.8 Å². The molecule has 2 aromatic rings. The number of carbonyl (C=O) groups is 2. The summed E-state index contributed by atoms with van der Waals surface area (Å²) in [4.78, 5) is 30.7. The number of hydrazine groups is 1. The Kier molecular flexibility index (Phi) is 7.44. The van der Waals surface area contributed by atoms with E-state index in [1.54, 1.807) is 25.1 Å². The summed E-state index contributed by atoms with van der Waals surface area (Å²) < 4.78 is 19.8. The maximum Gasteiger partial charge on any atom is 0.410 e. The number of nitrogens with one attached hydrogen (secondary N) is 1. The minimum atomic E-state index is -0.673. The number of hydrogen-bond acceptors (Lipinski definition) is 7. The average molecular weight is 458 g/mol. The van der Waals surface area contributed by atoms with E-state index in [-0.39, 0.29) is 36.4 Å². The number of amides is 2. The van der Waals surface area contributed by atoms with E-state index < -0.39 is 17.8 Å². The van der Waals surface area contributed by atoms with Gasteiger partial charge in [-0.05, 0) is 62.6 Å². The average Bonchev–Trinajstić information content (AvgIpc) is 2.79. The van der Waals surface area contributed by atoms with Crippen LogP contribution in [0.5, 0.6) is 0 Å². The summed E-state index contributed by atoms with van der Waals surface area (Å²) in [5, 5.41) is 7.65. The summed E-state index contributed by atoms with van der Waals surface area (Å²) in [7, 11) is 0. The number of aromatic nitrogens is 1. The van der Waals surface area contributed by atoms with E-state index in [1.807, 2.05) is 13.8 Å². The SMILES string of the molecule is CCOC(=O)N1CCc2cc(F)c(C(=O)Nc3cccc(/C(=N/N)N(N)C(C)C)n3)cc2C1. The zero-order valence-corrected chi connectivity index (χ0v) is 18.8. The number of pyridine rings is 1. The lowest BCUT2D eigenvalue weighted by Crippen LogP contribution is -2.44. The Morgan fingerprint density at radius 1 is 1.33 bits per heavy atom. The lowest BCUT2D eigenvalue weighted by atomic mass is 9.97. The molecular formula is C22H28FN7O3. The van der Waals surface area contributed by atoms with Gasteiger partial charge in [-0.3, -0.25) is 9.80 Å². The molecule has 0 aliphatic carbocycles. The Hall–Kier alpha value is -3.73. The maximum atomic E-state index is 14.7. The van der Waals surface area contributed by atoms with E-state index in [0.29, 0.717) is 24.2 Å². The van der Waals surface area contributed by atoms with Crippen molar-refractivity contribution in [3.63, 3.8) is 0 Å². The largest absolute Gasteiger partial charge is 0.450 e. The van der Waals surface area contributed by atoms with Crippen LogP contribution in [0.25, 0.3) is 0 Å². The lowest BCUT2D eigenvalue weighted by Gasteiger charge is -2.28. The van der Waals surface area contributed by atoms with E-state index in [0.717, 1.165) is 5.56 Å². The molecule has 1 aliphatic heterocycles. The number of amidine groups is 1. The molecule has 3 rings (SSSR count). The first kappa shape index (κ1) is 23.9. The highest BCUT2D eigenvalue weighted by molar-refractivity contribution is 6.04. The highest BCUT2D eigenvalue weighted by Crippen LogP contribution is 2.24. The molecule has 2 amide bonds. The second kappa shape index (κ2) is 10.3. The first-order chi connectivity index (χ1) is 15.7. The van der Waals surface area contributed by atoms with Crippen LogP contribution < -0.4 is 17.0 Å². The topological polar surface area (TPSA) is 139 Å². The molecule has 5 N–H and O–H groups in total. The first-order valence-electron chi connectivity index (χ1n) is 10.6. The quantitative estimate of drug-likeness (QED) is 0.271. The van der Waals surface area contributed by atoms with Crippen LogP contribution in [-0.2, 0) is 17.7 Å². The zero-order chi connectivity index (χ0) is 24.1. The Morgan fingerprint density at radius 2 is 2.09 bits per heavy atom. The van der Waals surface area contributed by atoms with Gasteiger partial charge >= 0.3 is 6.09 Å². The van der Waals surface area contributed by atoms with E-state index in [9.17, 15) is 14.0 Å². The Balaban J connectivity index is 1.82. The van der Waals surface area contributed by atoms with Crippen molar-refractivity contribution in [2.24, 2.45) is 16.8 Å². The predicted molar refractivity (Wildman–Crippen MR) is 122 cm³/mol. The Bertz CT molecular complexity index is 1070. The molecule has 0 spiro atoms. The minimum Gasteiger partial charge on any atom is -0.450 e. The summed E-state index contributed by atoms with van der Waals surface area (Å²) in [6.07, 6.45) is 0.0376.